The molecule has 4 nitrogen and oxygen atoms in total. The van der Waals surface area contributed by atoms with E-state index >= 15 is 0 Å². The van der Waals surface area contributed by atoms with Gasteiger partial charge in [-0.2, -0.15) is 0 Å². The summed E-state index contributed by atoms with van der Waals surface area (Å²) in [4.78, 5) is 5.86. The average Bonchev–Trinajstić information content (AvgIpc) is 2.95. The van der Waals surface area contributed by atoms with Crippen LogP contribution >= 0.6 is 11.3 Å². The molecule has 1 atom stereocenters. The first-order valence-corrected chi connectivity index (χ1v) is 8.01. The van der Waals surface area contributed by atoms with Crippen LogP contribution in [0.15, 0.2) is 17.6 Å². The molecule has 0 aliphatic rings. The lowest BCUT2D eigenvalue weighted by Crippen LogP contribution is -2.30. The summed E-state index contributed by atoms with van der Waals surface area (Å²) in [5.74, 6) is 6.70. The molecule has 2 rings (SSSR count). The van der Waals surface area contributed by atoms with Gasteiger partial charge in [0, 0.05) is 34.3 Å². The van der Waals surface area contributed by atoms with Crippen LogP contribution in [0.3, 0.4) is 0 Å². The number of hydrazine groups is 1. The van der Waals surface area contributed by atoms with E-state index in [0.29, 0.717) is 0 Å². The zero-order valence-electron chi connectivity index (χ0n) is 13.1. The Morgan fingerprint density at radius 1 is 1.43 bits per heavy atom. The lowest BCUT2D eigenvalue weighted by molar-refractivity contribution is 0.406. The number of nitrogens with one attached hydrogen (secondary N) is 1. The molecule has 2 aromatic rings. The third kappa shape index (κ3) is 3.26. The highest BCUT2D eigenvalue weighted by Crippen LogP contribution is 2.30. The lowest BCUT2D eigenvalue weighted by atomic mass is 10.0. The number of thiophene rings is 1. The molecule has 0 amide bonds. The van der Waals surface area contributed by atoms with Crippen molar-refractivity contribution in [2.24, 2.45) is 5.84 Å². The number of nitrogens with zero attached hydrogens (tertiary/aromatic N) is 1. The molecule has 0 saturated carbocycles. The molecule has 0 radical (unpaired) electrons. The Balaban J connectivity index is 2.31. The van der Waals surface area contributed by atoms with Gasteiger partial charge in [-0.1, -0.05) is 6.92 Å². The number of hydrogen-bond donors (Lipinski definition) is 2. The van der Waals surface area contributed by atoms with E-state index < -0.39 is 0 Å². The van der Waals surface area contributed by atoms with Gasteiger partial charge in [-0.25, -0.2) is 0 Å². The van der Waals surface area contributed by atoms with E-state index in [4.69, 9.17) is 10.6 Å². The fourth-order valence-corrected chi connectivity index (χ4v) is 3.70. The van der Waals surface area contributed by atoms with Gasteiger partial charge in [-0.3, -0.25) is 16.3 Å². The van der Waals surface area contributed by atoms with Crippen molar-refractivity contribution in [2.75, 3.05) is 7.11 Å². The quantitative estimate of drug-likeness (QED) is 0.636. The maximum Gasteiger partial charge on any atom is 0.128 e. The Labute approximate surface area is 130 Å². The van der Waals surface area contributed by atoms with Crippen LogP contribution in [0.1, 0.15) is 40.2 Å². The summed E-state index contributed by atoms with van der Waals surface area (Å²) in [6.07, 6.45) is 3.64. The summed E-state index contributed by atoms with van der Waals surface area (Å²) >= 11 is 1.74. The Hall–Kier alpha value is -1.43. The second-order valence-corrected chi connectivity index (χ2v) is 6.08. The number of methoxy groups -OCH3 is 1. The number of aryl methyl sites for hydroxylation is 2. The van der Waals surface area contributed by atoms with E-state index in [-0.39, 0.29) is 6.04 Å². The highest BCUT2D eigenvalue weighted by Gasteiger charge is 2.19. The number of nitrogens with two attached hydrogens (primary N) is 1. The van der Waals surface area contributed by atoms with Gasteiger partial charge in [0.1, 0.15) is 5.75 Å². The van der Waals surface area contributed by atoms with E-state index in [0.717, 1.165) is 35.4 Å². The van der Waals surface area contributed by atoms with Gasteiger partial charge in [0.25, 0.3) is 0 Å². The van der Waals surface area contributed by atoms with Gasteiger partial charge in [-0.05, 0) is 37.3 Å². The van der Waals surface area contributed by atoms with E-state index in [9.17, 15) is 0 Å². The van der Waals surface area contributed by atoms with Crippen LogP contribution < -0.4 is 16.0 Å². The van der Waals surface area contributed by atoms with E-state index in [1.807, 2.05) is 13.1 Å². The normalized spacial score (nSPS) is 12.4. The molecule has 21 heavy (non-hydrogen) atoms. The maximum absolute atomic E-state index is 5.78. The Morgan fingerprint density at radius 3 is 2.81 bits per heavy atom. The van der Waals surface area contributed by atoms with Crippen molar-refractivity contribution in [3.8, 4) is 5.75 Å². The number of hydrogen-bond acceptors (Lipinski definition) is 5. The molecule has 1 unspecified atom stereocenters. The SMILES string of the molecule is CCc1ccsc1C(Cc1ncc(C)c(OC)c1C)NN. The predicted octanol–water partition coefficient (Wildman–Crippen LogP) is 3.08. The molecular weight excluding hydrogens is 282 g/mol. The van der Waals surface area contributed by atoms with Gasteiger partial charge in [-0.15, -0.1) is 11.3 Å². The molecule has 2 heterocycles. The van der Waals surface area contributed by atoms with Crippen LogP contribution in [0.25, 0.3) is 0 Å². The van der Waals surface area contributed by atoms with Crippen molar-refractivity contribution in [1.82, 2.24) is 10.4 Å². The topological polar surface area (TPSA) is 60.2 Å². The van der Waals surface area contributed by atoms with Crippen molar-refractivity contribution in [3.63, 3.8) is 0 Å². The summed E-state index contributed by atoms with van der Waals surface area (Å²) in [5, 5.41) is 2.12. The second-order valence-electron chi connectivity index (χ2n) is 5.13. The van der Waals surface area contributed by atoms with Crippen molar-refractivity contribution >= 4 is 11.3 Å². The Kier molecular flexibility index (Phi) is 5.33. The zero-order valence-corrected chi connectivity index (χ0v) is 13.9. The van der Waals surface area contributed by atoms with Crippen LogP contribution in [-0.2, 0) is 12.8 Å². The number of aromatic nitrogens is 1. The van der Waals surface area contributed by atoms with Gasteiger partial charge < -0.3 is 4.74 Å². The Morgan fingerprint density at radius 2 is 2.19 bits per heavy atom. The Bertz CT molecular complexity index is 610. The molecule has 0 saturated heterocycles. The smallest absolute Gasteiger partial charge is 0.128 e. The third-order valence-corrected chi connectivity index (χ3v) is 4.90. The predicted molar refractivity (Wildman–Crippen MR) is 87.7 cm³/mol. The second kappa shape index (κ2) is 7.02. The van der Waals surface area contributed by atoms with E-state index in [1.165, 1.54) is 10.4 Å². The first kappa shape index (κ1) is 15.9. The summed E-state index contributed by atoms with van der Waals surface area (Å²) < 4.78 is 5.48. The third-order valence-electron chi connectivity index (χ3n) is 3.83. The fraction of sp³-hybridized carbons (Fsp3) is 0.438. The standard InChI is InChI=1S/C16H23N3OS/c1-5-12-6-7-21-16(12)14(19-17)8-13-11(3)15(20-4)10(2)9-18-13/h6-7,9,14,19H,5,8,17H2,1-4H3. The summed E-state index contributed by atoms with van der Waals surface area (Å²) in [5.41, 5.74) is 7.45. The molecular formula is C16H23N3OS. The molecule has 114 valence electrons. The molecule has 0 aliphatic carbocycles. The van der Waals surface area contributed by atoms with Crippen LogP contribution in [0, 0.1) is 13.8 Å². The van der Waals surface area contributed by atoms with Crippen LogP contribution in [0.2, 0.25) is 0 Å². The first-order chi connectivity index (χ1) is 10.1. The van der Waals surface area contributed by atoms with Crippen molar-refractivity contribution < 1.29 is 4.74 Å². The van der Waals surface area contributed by atoms with E-state index in [2.05, 4.69) is 35.7 Å². The molecule has 5 heteroatoms. The molecule has 0 bridgehead atoms. The number of pyridine rings is 1. The fourth-order valence-electron chi connectivity index (χ4n) is 2.64. The summed E-state index contributed by atoms with van der Waals surface area (Å²) in [6, 6.07) is 2.25. The van der Waals surface area contributed by atoms with Crippen molar-refractivity contribution in [3.05, 3.63) is 44.9 Å². The number of ether oxygens (including phenoxy) is 1. The van der Waals surface area contributed by atoms with Crippen LogP contribution in [0.5, 0.6) is 5.75 Å². The zero-order chi connectivity index (χ0) is 15.4. The van der Waals surface area contributed by atoms with Crippen LogP contribution in [-0.4, -0.2) is 12.1 Å². The van der Waals surface area contributed by atoms with Gasteiger partial charge in [0.15, 0.2) is 0 Å². The molecule has 0 spiro atoms. The van der Waals surface area contributed by atoms with Gasteiger partial charge in [0.2, 0.25) is 0 Å². The molecule has 3 N–H and O–H groups in total. The molecule has 2 aromatic heterocycles. The summed E-state index contributed by atoms with van der Waals surface area (Å²) in [7, 11) is 1.70. The summed E-state index contributed by atoms with van der Waals surface area (Å²) in [6.45, 7) is 6.23. The van der Waals surface area contributed by atoms with Crippen LogP contribution in [0.4, 0.5) is 0 Å². The van der Waals surface area contributed by atoms with E-state index in [1.54, 1.807) is 18.4 Å². The minimum absolute atomic E-state index is 0.0820. The first-order valence-electron chi connectivity index (χ1n) is 7.13. The lowest BCUT2D eigenvalue weighted by Gasteiger charge is -2.18. The minimum Gasteiger partial charge on any atom is -0.496 e. The van der Waals surface area contributed by atoms with Crippen molar-refractivity contribution in [2.45, 2.75) is 39.7 Å². The van der Waals surface area contributed by atoms with Gasteiger partial charge in [0.05, 0.1) is 13.2 Å². The maximum atomic E-state index is 5.78. The monoisotopic (exact) mass is 305 g/mol. The number of rotatable bonds is 6. The minimum atomic E-state index is 0.0820. The highest BCUT2D eigenvalue weighted by molar-refractivity contribution is 7.10. The largest absolute Gasteiger partial charge is 0.496 e. The van der Waals surface area contributed by atoms with Gasteiger partial charge >= 0.3 is 0 Å². The highest BCUT2D eigenvalue weighted by atomic mass is 32.1. The molecule has 0 aliphatic heterocycles. The average molecular weight is 305 g/mol. The van der Waals surface area contributed by atoms with Crippen molar-refractivity contribution in [1.29, 1.82) is 0 Å². The molecule has 0 fully saturated rings. The molecule has 0 aromatic carbocycles.